The third kappa shape index (κ3) is 4.91. The summed E-state index contributed by atoms with van der Waals surface area (Å²) in [5.74, 6) is -2.11. The number of amides is 3. The summed E-state index contributed by atoms with van der Waals surface area (Å²) in [5, 5.41) is 14.8. The lowest BCUT2D eigenvalue weighted by Crippen LogP contribution is -2.42. The summed E-state index contributed by atoms with van der Waals surface area (Å²) in [6.07, 6.45) is 0.696. The molecule has 7 atom stereocenters. The van der Waals surface area contributed by atoms with Crippen LogP contribution >= 0.6 is 39.0 Å². The van der Waals surface area contributed by atoms with Crippen molar-refractivity contribution in [3.8, 4) is 5.75 Å². The van der Waals surface area contributed by atoms with Crippen molar-refractivity contribution < 1.29 is 24.0 Å². The zero-order chi connectivity index (χ0) is 33.4. The Labute approximate surface area is 290 Å². The normalized spacial score (nSPS) is 26.6. The van der Waals surface area contributed by atoms with Gasteiger partial charge >= 0.3 is 4.87 Å². The number of thiazole rings is 1. The third-order valence-corrected chi connectivity index (χ3v) is 13.2. The van der Waals surface area contributed by atoms with Gasteiger partial charge in [-0.3, -0.25) is 34.2 Å². The molecule has 3 fully saturated rings. The van der Waals surface area contributed by atoms with Crippen molar-refractivity contribution in [1.29, 1.82) is 0 Å². The van der Waals surface area contributed by atoms with Crippen LogP contribution in [0.2, 0.25) is 0 Å². The van der Waals surface area contributed by atoms with Crippen LogP contribution in [0, 0.1) is 46.6 Å². The molecule has 0 radical (unpaired) electrons. The summed E-state index contributed by atoms with van der Waals surface area (Å²) in [6.45, 7) is 1.68. The van der Waals surface area contributed by atoms with Crippen LogP contribution in [0.25, 0.3) is 0 Å². The van der Waals surface area contributed by atoms with E-state index < -0.39 is 16.8 Å². The molecule has 8 rings (SSSR count). The molecule has 4 aliphatic rings. The predicted molar refractivity (Wildman–Crippen MR) is 184 cm³/mol. The lowest BCUT2D eigenvalue weighted by atomic mass is 9.68. The molecule has 14 heteroatoms. The standard InChI is InChI=1S/C34H27BrN4O7S2/c1-15-4-2-3-5-22(15)36-24(40)14-46-23-11-6-16(35)12-19(23)25-26-20-13-21(29(26)47-31-30(25)48-34(43)37-31)28-27(20)32(41)38(33(28)42)17-7-9-18(10-8-17)39(44)45/h2-12,20-21,25-29H,13-14H2,1H3,(H,36,40)(H,37,43)/t20-,21-,25+,26-,27+,28+,29-/m1/s1. The van der Waals surface area contributed by atoms with E-state index in [-0.39, 0.29) is 63.8 Å². The first-order chi connectivity index (χ1) is 23.1. The first-order valence-corrected chi connectivity index (χ1v) is 17.9. The van der Waals surface area contributed by atoms with Crippen LogP contribution in [0.5, 0.6) is 5.75 Å². The number of thioether (sulfide) groups is 1. The van der Waals surface area contributed by atoms with Gasteiger partial charge in [0.05, 0.1) is 27.5 Å². The molecule has 3 heterocycles. The highest BCUT2D eigenvalue weighted by molar-refractivity contribution is 9.10. The Morgan fingerprint density at radius 2 is 1.79 bits per heavy atom. The van der Waals surface area contributed by atoms with Gasteiger partial charge in [0.25, 0.3) is 11.6 Å². The largest absolute Gasteiger partial charge is 0.483 e. The lowest BCUT2D eigenvalue weighted by molar-refractivity contribution is -0.384. The summed E-state index contributed by atoms with van der Waals surface area (Å²) in [5.41, 5.74) is 2.63. The van der Waals surface area contributed by atoms with E-state index in [4.69, 9.17) is 4.74 Å². The number of non-ortho nitro benzene ring substituents is 1. The average Bonchev–Trinajstić information content (AvgIpc) is 3.80. The molecule has 1 aromatic heterocycles. The number of rotatable bonds is 7. The maximum absolute atomic E-state index is 14.1. The van der Waals surface area contributed by atoms with E-state index in [1.807, 2.05) is 49.4 Å². The van der Waals surface area contributed by atoms with Gasteiger partial charge in [0, 0.05) is 43.9 Å². The Morgan fingerprint density at radius 1 is 1.06 bits per heavy atom. The number of nitrogens with zero attached hydrogens (tertiary/aromatic N) is 2. The average molecular weight is 748 g/mol. The Kier molecular flexibility index (Phi) is 7.57. The van der Waals surface area contributed by atoms with E-state index in [9.17, 15) is 29.3 Å². The van der Waals surface area contributed by atoms with Gasteiger partial charge < -0.3 is 15.0 Å². The van der Waals surface area contributed by atoms with Gasteiger partial charge in [0.2, 0.25) is 11.8 Å². The molecular weight excluding hydrogens is 720 g/mol. The molecule has 2 aliphatic carbocycles. The van der Waals surface area contributed by atoms with Gasteiger partial charge in [-0.25, -0.2) is 0 Å². The number of nitrogens with one attached hydrogen (secondary N) is 2. The number of carbonyl (C=O) groups is 3. The van der Waals surface area contributed by atoms with Crippen molar-refractivity contribution >= 4 is 73.8 Å². The van der Waals surface area contributed by atoms with Crippen molar-refractivity contribution in [2.24, 2.45) is 29.6 Å². The maximum Gasteiger partial charge on any atom is 0.305 e. The quantitative estimate of drug-likeness (QED) is 0.131. The highest BCUT2D eigenvalue weighted by atomic mass is 79.9. The Bertz CT molecular complexity index is 2080. The molecule has 3 amide bonds. The molecular formula is C34H27BrN4O7S2. The third-order valence-electron chi connectivity index (χ3n) is 10.1. The number of anilines is 2. The predicted octanol–water partition coefficient (Wildman–Crippen LogP) is 6.11. The van der Waals surface area contributed by atoms with Crippen molar-refractivity contribution in [2.45, 2.75) is 29.5 Å². The molecule has 1 saturated heterocycles. The second-order valence-corrected chi connectivity index (χ2v) is 15.7. The van der Waals surface area contributed by atoms with E-state index in [1.54, 1.807) is 11.8 Å². The molecule has 2 N–H and O–H groups in total. The minimum absolute atomic E-state index is 0.0521. The summed E-state index contributed by atoms with van der Waals surface area (Å²) >= 11 is 6.33. The zero-order valence-electron chi connectivity index (χ0n) is 25.3. The lowest BCUT2D eigenvalue weighted by Gasteiger charge is -2.43. The Hall–Kier alpha value is -4.27. The van der Waals surface area contributed by atoms with Gasteiger partial charge in [0.15, 0.2) is 6.61 Å². The molecule has 11 nitrogen and oxygen atoms in total. The molecule has 0 spiro atoms. The first kappa shape index (κ1) is 31.0. The SMILES string of the molecule is Cc1ccccc1NC(=O)COc1ccc(Br)cc1[C@@H]1c2sc(=O)[nH]c2S[C@@H]2[C@@H]3C[C@@H]([C@@H]4C(=O)N(c5ccc([N+](=O)[O-])cc5)C(=O)[C@@H]34)[C@H]12. The van der Waals surface area contributed by atoms with Gasteiger partial charge in [-0.2, -0.15) is 0 Å². The van der Waals surface area contributed by atoms with E-state index in [2.05, 4.69) is 26.2 Å². The van der Waals surface area contributed by atoms with Crippen LogP contribution in [0.4, 0.5) is 17.1 Å². The van der Waals surface area contributed by atoms with Gasteiger partial charge in [0.1, 0.15) is 5.75 Å². The highest BCUT2D eigenvalue weighted by Gasteiger charge is 2.70. The van der Waals surface area contributed by atoms with Crippen molar-refractivity contribution in [3.05, 3.63) is 107 Å². The molecule has 0 unspecified atom stereocenters. The number of fused-ring (bicyclic) bond motifs is 9. The molecule has 3 aromatic carbocycles. The van der Waals surface area contributed by atoms with Crippen molar-refractivity contribution in [1.82, 2.24) is 4.98 Å². The van der Waals surface area contributed by atoms with Crippen molar-refractivity contribution in [2.75, 3.05) is 16.8 Å². The number of benzene rings is 3. The van der Waals surface area contributed by atoms with Crippen LogP contribution in [-0.4, -0.2) is 39.5 Å². The number of halogens is 1. The topological polar surface area (TPSA) is 152 Å². The molecule has 2 saturated carbocycles. The Morgan fingerprint density at radius 3 is 2.52 bits per heavy atom. The number of para-hydroxylation sites is 1. The van der Waals surface area contributed by atoms with Gasteiger partial charge in [-0.05, 0) is 73.1 Å². The molecule has 244 valence electrons. The number of carbonyl (C=O) groups excluding carboxylic acids is 3. The highest BCUT2D eigenvalue weighted by Crippen LogP contribution is 2.69. The summed E-state index contributed by atoms with van der Waals surface area (Å²) in [4.78, 5) is 69.3. The van der Waals surface area contributed by atoms with E-state index >= 15 is 0 Å². The second-order valence-electron chi connectivity index (χ2n) is 12.6. The van der Waals surface area contributed by atoms with Gasteiger partial charge in [-0.15, -0.1) is 11.8 Å². The second kappa shape index (κ2) is 11.7. The number of aromatic nitrogens is 1. The van der Waals surface area contributed by atoms with E-state index in [0.29, 0.717) is 23.5 Å². The molecule has 2 bridgehead atoms. The number of nitro benzene ring substituents is 1. The molecule has 2 aliphatic heterocycles. The minimum Gasteiger partial charge on any atom is -0.483 e. The first-order valence-electron chi connectivity index (χ1n) is 15.4. The number of aryl methyl sites for hydroxylation is 1. The fraction of sp³-hybridized carbons (Fsp3) is 0.294. The number of hydrogen-bond acceptors (Lipinski definition) is 9. The smallest absolute Gasteiger partial charge is 0.305 e. The maximum atomic E-state index is 14.1. The fourth-order valence-corrected chi connectivity index (χ4v) is 11.5. The zero-order valence-corrected chi connectivity index (χ0v) is 28.5. The van der Waals surface area contributed by atoms with Crippen LogP contribution < -0.4 is 19.8 Å². The number of ether oxygens (including phenoxy) is 1. The Balaban J connectivity index is 1.13. The van der Waals surface area contributed by atoms with Crippen LogP contribution in [0.15, 0.2) is 81.0 Å². The fourth-order valence-electron chi connectivity index (χ4n) is 8.28. The van der Waals surface area contributed by atoms with Crippen LogP contribution in [0.1, 0.15) is 28.3 Å². The van der Waals surface area contributed by atoms with E-state index in [1.165, 1.54) is 29.2 Å². The molecule has 48 heavy (non-hydrogen) atoms. The van der Waals surface area contributed by atoms with Crippen LogP contribution in [-0.2, 0) is 14.4 Å². The summed E-state index contributed by atoms with van der Waals surface area (Å²) in [6, 6.07) is 18.6. The number of hydrogen-bond donors (Lipinski definition) is 2. The number of nitro groups is 1. The number of aromatic amines is 1. The van der Waals surface area contributed by atoms with Crippen LogP contribution in [0.3, 0.4) is 0 Å². The summed E-state index contributed by atoms with van der Waals surface area (Å²) in [7, 11) is 0. The van der Waals surface area contributed by atoms with Crippen molar-refractivity contribution in [3.63, 3.8) is 0 Å². The number of imide groups is 1. The monoisotopic (exact) mass is 746 g/mol. The number of H-pyrrole nitrogens is 1. The minimum atomic E-state index is -0.546. The molecule has 4 aromatic rings. The van der Waals surface area contributed by atoms with Gasteiger partial charge in [-0.1, -0.05) is 45.5 Å². The van der Waals surface area contributed by atoms with E-state index in [0.717, 1.165) is 36.8 Å². The summed E-state index contributed by atoms with van der Waals surface area (Å²) < 4.78 is 6.99.